The van der Waals surface area contributed by atoms with Gasteiger partial charge < -0.3 is 18.9 Å². The molecule has 28 heavy (non-hydrogen) atoms. The van der Waals surface area contributed by atoms with Gasteiger partial charge >= 0.3 is 0 Å². The van der Waals surface area contributed by atoms with Crippen LogP contribution in [0.4, 0.5) is 0 Å². The zero-order valence-electron chi connectivity index (χ0n) is 16.1. The molecule has 4 rings (SSSR count). The summed E-state index contributed by atoms with van der Waals surface area (Å²) in [4.78, 5) is 0. The van der Waals surface area contributed by atoms with Crippen LogP contribution in [-0.4, -0.2) is 27.8 Å². The van der Waals surface area contributed by atoms with Crippen molar-refractivity contribution in [3.8, 4) is 11.5 Å². The van der Waals surface area contributed by atoms with E-state index in [1.165, 1.54) is 21.5 Å². The van der Waals surface area contributed by atoms with E-state index < -0.39 is 0 Å². The molecule has 0 aliphatic heterocycles. The van der Waals surface area contributed by atoms with Crippen molar-refractivity contribution in [2.45, 2.75) is 0 Å². The van der Waals surface area contributed by atoms with Crippen LogP contribution in [0, 0.1) is 0 Å². The molecular weight excluding hydrogens is 352 g/mol. The van der Waals surface area contributed by atoms with E-state index in [0.717, 1.165) is 11.5 Å². The second kappa shape index (κ2) is 10.3. The summed E-state index contributed by atoms with van der Waals surface area (Å²) in [6.45, 7) is 0.580. The van der Waals surface area contributed by atoms with Gasteiger partial charge in [0.05, 0.1) is 0 Å². The molecule has 0 saturated carbocycles. The van der Waals surface area contributed by atoms with Crippen LogP contribution in [0.15, 0.2) is 84.9 Å². The molecule has 0 radical (unpaired) electrons. The highest BCUT2D eigenvalue weighted by Crippen LogP contribution is 2.21. The van der Waals surface area contributed by atoms with Crippen molar-refractivity contribution >= 4 is 21.5 Å². The fourth-order valence-corrected chi connectivity index (χ4v) is 2.77. The Morgan fingerprint density at radius 3 is 1.29 bits per heavy atom. The van der Waals surface area contributed by atoms with Crippen LogP contribution in [0.5, 0.6) is 11.5 Å². The normalized spacial score (nSPS) is 10.4. The van der Waals surface area contributed by atoms with Crippen LogP contribution >= 0.6 is 0 Å². The molecule has 0 N–H and O–H groups in total. The average molecular weight is 376 g/mol. The first kappa shape index (κ1) is 19.7. The van der Waals surface area contributed by atoms with Gasteiger partial charge in [0.25, 0.3) is 0 Å². The van der Waals surface area contributed by atoms with Crippen LogP contribution in [0.25, 0.3) is 21.5 Å². The molecule has 0 atom stereocenters. The van der Waals surface area contributed by atoms with E-state index in [-0.39, 0.29) is 0 Å². The predicted octanol–water partition coefficient (Wildman–Crippen LogP) is 5.65. The molecule has 144 valence electrons. The number of methoxy groups -OCH3 is 2. The Balaban J connectivity index is 0.000000161. The van der Waals surface area contributed by atoms with Crippen molar-refractivity contribution in [1.29, 1.82) is 0 Å². The van der Waals surface area contributed by atoms with E-state index in [1.807, 2.05) is 60.7 Å². The Bertz CT molecular complexity index is 930. The Morgan fingerprint density at radius 2 is 0.893 bits per heavy atom. The van der Waals surface area contributed by atoms with E-state index in [0.29, 0.717) is 13.6 Å². The number of ether oxygens (including phenoxy) is 4. The smallest absolute Gasteiger partial charge is 0.188 e. The highest BCUT2D eigenvalue weighted by atomic mass is 16.7. The van der Waals surface area contributed by atoms with Crippen LogP contribution in [0.2, 0.25) is 0 Å². The summed E-state index contributed by atoms with van der Waals surface area (Å²) in [5.74, 6) is 1.68. The van der Waals surface area contributed by atoms with Crippen molar-refractivity contribution in [1.82, 2.24) is 0 Å². The minimum atomic E-state index is 0.290. The second-order valence-corrected chi connectivity index (χ2v) is 6.12. The van der Waals surface area contributed by atoms with Gasteiger partial charge in [0.15, 0.2) is 13.6 Å². The third-order valence-corrected chi connectivity index (χ3v) is 4.13. The summed E-state index contributed by atoms with van der Waals surface area (Å²) < 4.78 is 20.4. The molecule has 4 aromatic rings. The van der Waals surface area contributed by atoms with Gasteiger partial charge in [-0.05, 0) is 45.8 Å². The fourth-order valence-electron chi connectivity index (χ4n) is 2.77. The molecule has 0 unspecified atom stereocenters. The maximum Gasteiger partial charge on any atom is 0.188 e. The lowest BCUT2D eigenvalue weighted by molar-refractivity contribution is 0.0510. The Labute approximate surface area is 165 Å². The topological polar surface area (TPSA) is 36.9 Å². The molecule has 0 spiro atoms. The molecular formula is C24H24O4. The highest BCUT2D eigenvalue weighted by molar-refractivity contribution is 5.84. The summed E-state index contributed by atoms with van der Waals surface area (Å²) >= 11 is 0. The van der Waals surface area contributed by atoms with Crippen molar-refractivity contribution < 1.29 is 18.9 Å². The van der Waals surface area contributed by atoms with E-state index >= 15 is 0 Å². The second-order valence-electron chi connectivity index (χ2n) is 6.12. The van der Waals surface area contributed by atoms with Gasteiger partial charge in [0.1, 0.15) is 11.5 Å². The maximum atomic E-state index is 5.34. The van der Waals surface area contributed by atoms with Gasteiger partial charge in [0.2, 0.25) is 0 Å². The molecule has 4 aromatic carbocycles. The first-order valence-electron chi connectivity index (χ1n) is 9.01. The first-order chi connectivity index (χ1) is 13.8. The lowest BCUT2D eigenvalue weighted by Gasteiger charge is -2.05. The fraction of sp³-hybridized carbons (Fsp3) is 0.167. The highest BCUT2D eigenvalue weighted by Gasteiger charge is 1.96. The summed E-state index contributed by atoms with van der Waals surface area (Å²) in [6.07, 6.45) is 0. The molecule has 0 amide bonds. The molecule has 0 saturated heterocycles. The van der Waals surface area contributed by atoms with E-state index in [2.05, 4.69) is 24.3 Å². The van der Waals surface area contributed by atoms with Gasteiger partial charge in [-0.25, -0.2) is 0 Å². The summed E-state index contributed by atoms with van der Waals surface area (Å²) in [7, 11) is 3.22. The lowest BCUT2D eigenvalue weighted by atomic mass is 10.1. The quantitative estimate of drug-likeness (QED) is 0.408. The number of hydrogen-bond donors (Lipinski definition) is 0. The maximum absolute atomic E-state index is 5.34. The van der Waals surface area contributed by atoms with E-state index in [1.54, 1.807) is 14.2 Å². The Hall–Kier alpha value is -3.08. The van der Waals surface area contributed by atoms with Crippen LogP contribution in [-0.2, 0) is 9.47 Å². The van der Waals surface area contributed by atoms with E-state index in [4.69, 9.17) is 18.9 Å². The first-order valence-corrected chi connectivity index (χ1v) is 9.01. The molecule has 0 aliphatic carbocycles. The van der Waals surface area contributed by atoms with Gasteiger partial charge in [0, 0.05) is 14.2 Å². The van der Waals surface area contributed by atoms with Gasteiger partial charge in [-0.15, -0.1) is 0 Å². The molecule has 0 bridgehead atoms. The van der Waals surface area contributed by atoms with Crippen molar-refractivity contribution in [2.75, 3.05) is 27.8 Å². The third kappa shape index (κ3) is 5.46. The number of benzene rings is 4. The Morgan fingerprint density at radius 1 is 0.500 bits per heavy atom. The van der Waals surface area contributed by atoms with Crippen LogP contribution < -0.4 is 9.47 Å². The minimum absolute atomic E-state index is 0.290. The standard InChI is InChI=1S/2C12H12O2/c2*1-13-9-14-12-7-6-10-4-2-3-5-11(10)8-12/h2*2-8H,9H2,1H3. The SMILES string of the molecule is COCOc1ccc2ccccc2c1.COCOc1ccc2ccccc2c1. The zero-order chi connectivity index (χ0) is 19.6. The molecule has 4 nitrogen and oxygen atoms in total. The molecule has 0 aliphatic rings. The molecule has 0 heterocycles. The number of rotatable bonds is 6. The summed E-state index contributed by atoms with van der Waals surface area (Å²) in [6, 6.07) is 28.4. The van der Waals surface area contributed by atoms with Gasteiger partial charge in [-0.1, -0.05) is 60.7 Å². The average Bonchev–Trinajstić information content (AvgIpc) is 2.76. The number of hydrogen-bond acceptors (Lipinski definition) is 4. The molecule has 0 aromatic heterocycles. The Kier molecular flexibility index (Phi) is 7.24. The van der Waals surface area contributed by atoms with E-state index in [9.17, 15) is 0 Å². The van der Waals surface area contributed by atoms with Crippen molar-refractivity contribution in [3.63, 3.8) is 0 Å². The van der Waals surface area contributed by atoms with Gasteiger partial charge in [-0.3, -0.25) is 0 Å². The largest absolute Gasteiger partial charge is 0.468 e. The van der Waals surface area contributed by atoms with Crippen LogP contribution in [0.1, 0.15) is 0 Å². The summed E-state index contributed by atoms with van der Waals surface area (Å²) in [5.41, 5.74) is 0. The summed E-state index contributed by atoms with van der Waals surface area (Å²) in [5, 5.41) is 4.80. The monoisotopic (exact) mass is 376 g/mol. The zero-order valence-corrected chi connectivity index (χ0v) is 16.1. The van der Waals surface area contributed by atoms with Crippen molar-refractivity contribution in [3.05, 3.63) is 84.9 Å². The van der Waals surface area contributed by atoms with Crippen molar-refractivity contribution in [2.24, 2.45) is 0 Å². The van der Waals surface area contributed by atoms with Gasteiger partial charge in [-0.2, -0.15) is 0 Å². The molecule has 0 fully saturated rings. The third-order valence-electron chi connectivity index (χ3n) is 4.13. The lowest BCUT2D eigenvalue weighted by Crippen LogP contribution is -1.98. The predicted molar refractivity (Wildman–Crippen MR) is 113 cm³/mol. The van der Waals surface area contributed by atoms with Crippen LogP contribution in [0.3, 0.4) is 0 Å². The number of fused-ring (bicyclic) bond motifs is 2. The minimum Gasteiger partial charge on any atom is -0.468 e. The molecule has 4 heteroatoms.